The lowest BCUT2D eigenvalue weighted by Crippen LogP contribution is -2.31. The summed E-state index contributed by atoms with van der Waals surface area (Å²) in [6, 6.07) is 4.27. The number of ether oxygens (including phenoxy) is 1. The normalized spacial score (nSPS) is 20.1. The zero-order chi connectivity index (χ0) is 11.4. The highest BCUT2D eigenvalue weighted by molar-refractivity contribution is 6.18. The molecule has 1 fully saturated rings. The van der Waals surface area contributed by atoms with Crippen molar-refractivity contribution < 1.29 is 4.74 Å². The van der Waals surface area contributed by atoms with Crippen molar-refractivity contribution in [3.05, 3.63) is 18.3 Å². The number of pyridine rings is 1. The molecule has 0 aliphatic carbocycles. The molecule has 1 aromatic heterocycles. The first-order valence-corrected chi connectivity index (χ1v) is 6.30. The van der Waals surface area contributed by atoms with Crippen molar-refractivity contribution in [3.63, 3.8) is 0 Å². The molecule has 1 saturated heterocycles. The molecule has 1 aromatic rings. The Labute approximate surface area is 101 Å². The average molecular weight is 241 g/mol. The maximum Gasteiger partial charge on any atom is 0.171 e. The van der Waals surface area contributed by atoms with Crippen LogP contribution in [0.15, 0.2) is 18.3 Å². The standard InChI is InChI=1S/C12H17ClN2O/c1-2-16-11-6-3-7-14-12(11)15-8-4-5-10(15)9-13/h3,6-7,10H,2,4-5,8-9H2,1H3. The van der Waals surface area contributed by atoms with Crippen LogP contribution in [0.1, 0.15) is 19.8 Å². The average Bonchev–Trinajstić information content (AvgIpc) is 2.78. The number of alkyl halides is 1. The van der Waals surface area contributed by atoms with Gasteiger partial charge in [0.05, 0.1) is 6.61 Å². The molecular weight excluding hydrogens is 224 g/mol. The maximum absolute atomic E-state index is 5.97. The Morgan fingerprint density at radius 2 is 2.50 bits per heavy atom. The van der Waals surface area contributed by atoms with E-state index in [1.807, 2.05) is 25.3 Å². The fourth-order valence-electron chi connectivity index (χ4n) is 2.14. The molecule has 3 nitrogen and oxygen atoms in total. The summed E-state index contributed by atoms with van der Waals surface area (Å²) in [5, 5.41) is 0. The van der Waals surface area contributed by atoms with Gasteiger partial charge in [0.25, 0.3) is 0 Å². The number of hydrogen-bond donors (Lipinski definition) is 0. The highest BCUT2D eigenvalue weighted by Crippen LogP contribution is 2.31. The number of rotatable bonds is 4. The van der Waals surface area contributed by atoms with E-state index >= 15 is 0 Å². The van der Waals surface area contributed by atoms with E-state index in [0.717, 1.165) is 24.5 Å². The third-order valence-electron chi connectivity index (χ3n) is 2.88. The molecule has 0 aromatic carbocycles. The third kappa shape index (κ3) is 2.24. The van der Waals surface area contributed by atoms with Crippen LogP contribution < -0.4 is 9.64 Å². The van der Waals surface area contributed by atoms with Gasteiger partial charge in [-0.2, -0.15) is 0 Å². The van der Waals surface area contributed by atoms with Crippen molar-refractivity contribution >= 4 is 17.4 Å². The molecule has 16 heavy (non-hydrogen) atoms. The van der Waals surface area contributed by atoms with Gasteiger partial charge in [-0.3, -0.25) is 0 Å². The summed E-state index contributed by atoms with van der Waals surface area (Å²) >= 11 is 5.97. The molecule has 88 valence electrons. The highest BCUT2D eigenvalue weighted by Gasteiger charge is 2.26. The van der Waals surface area contributed by atoms with Gasteiger partial charge in [0, 0.05) is 24.7 Å². The minimum Gasteiger partial charge on any atom is -0.490 e. The van der Waals surface area contributed by atoms with Crippen LogP contribution in [-0.2, 0) is 0 Å². The SMILES string of the molecule is CCOc1cccnc1N1CCCC1CCl. The minimum atomic E-state index is 0.399. The Bertz CT molecular complexity index is 346. The van der Waals surface area contributed by atoms with Crippen LogP contribution in [0.2, 0.25) is 0 Å². The summed E-state index contributed by atoms with van der Waals surface area (Å²) in [7, 11) is 0. The zero-order valence-electron chi connectivity index (χ0n) is 9.53. The molecule has 1 aliphatic heterocycles. The number of aromatic nitrogens is 1. The van der Waals surface area contributed by atoms with Crippen molar-refractivity contribution in [1.82, 2.24) is 4.98 Å². The first-order valence-electron chi connectivity index (χ1n) is 5.77. The second kappa shape index (κ2) is 5.39. The molecule has 0 spiro atoms. The van der Waals surface area contributed by atoms with Gasteiger partial charge in [0.15, 0.2) is 11.6 Å². The summed E-state index contributed by atoms with van der Waals surface area (Å²) in [5.74, 6) is 2.46. The van der Waals surface area contributed by atoms with Crippen molar-refractivity contribution in [2.45, 2.75) is 25.8 Å². The topological polar surface area (TPSA) is 25.4 Å². The number of nitrogens with zero attached hydrogens (tertiary/aromatic N) is 2. The number of halogens is 1. The van der Waals surface area contributed by atoms with Crippen LogP contribution in [0.4, 0.5) is 5.82 Å². The van der Waals surface area contributed by atoms with Gasteiger partial charge in [-0.05, 0) is 31.9 Å². The lowest BCUT2D eigenvalue weighted by atomic mass is 10.2. The fraction of sp³-hybridized carbons (Fsp3) is 0.583. The monoisotopic (exact) mass is 240 g/mol. The minimum absolute atomic E-state index is 0.399. The van der Waals surface area contributed by atoms with Crippen LogP contribution in [0.5, 0.6) is 5.75 Å². The van der Waals surface area contributed by atoms with E-state index in [9.17, 15) is 0 Å². The second-order valence-electron chi connectivity index (χ2n) is 3.90. The summed E-state index contributed by atoms with van der Waals surface area (Å²) in [6.07, 6.45) is 4.13. The fourth-order valence-corrected chi connectivity index (χ4v) is 2.46. The predicted octanol–water partition coefficient (Wildman–Crippen LogP) is 2.69. The molecule has 0 amide bonds. The summed E-state index contributed by atoms with van der Waals surface area (Å²) in [6.45, 7) is 3.67. The molecule has 4 heteroatoms. The summed E-state index contributed by atoms with van der Waals surface area (Å²) < 4.78 is 5.59. The van der Waals surface area contributed by atoms with E-state index in [-0.39, 0.29) is 0 Å². The summed E-state index contributed by atoms with van der Waals surface area (Å²) in [4.78, 5) is 6.68. The Hall–Kier alpha value is -0.960. The van der Waals surface area contributed by atoms with Crippen LogP contribution in [0.3, 0.4) is 0 Å². The Balaban J connectivity index is 2.24. The van der Waals surface area contributed by atoms with Gasteiger partial charge in [0.2, 0.25) is 0 Å². The van der Waals surface area contributed by atoms with Crippen LogP contribution in [-0.4, -0.2) is 30.1 Å². The van der Waals surface area contributed by atoms with Crippen LogP contribution in [0.25, 0.3) is 0 Å². The van der Waals surface area contributed by atoms with Crippen molar-refractivity contribution in [2.75, 3.05) is 23.9 Å². The number of hydrogen-bond acceptors (Lipinski definition) is 3. The van der Waals surface area contributed by atoms with Gasteiger partial charge >= 0.3 is 0 Å². The quantitative estimate of drug-likeness (QED) is 0.757. The highest BCUT2D eigenvalue weighted by atomic mass is 35.5. The first-order chi connectivity index (χ1) is 7.86. The van der Waals surface area contributed by atoms with E-state index in [0.29, 0.717) is 18.5 Å². The summed E-state index contributed by atoms with van der Waals surface area (Å²) in [5.41, 5.74) is 0. The van der Waals surface area contributed by atoms with E-state index in [4.69, 9.17) is 16.3 Å². The third-order valence-corrected chi connectivity index (χ3v) is 3.23. The van der Waals surface area contributed by atoms with E-state index in [2.05, 4.69) is 9.88 Å². The smallest absolute Gasteiger partial charge is 0.171 e. The van der Waals surface area contributed by atoms with Gasteiger partial charge in [0.1, 0.15) is 0 Å². The van der Waals surface area contributed by atoms with Crippen molar-refractivity contribution in [2.24, 2.45) is 0 Å². The van der Waals surface area contributed by atoms with E-state index in [1.165, 1.54) is 6.42 Å². The Kier molecular flexibility index (Phi) is 3.88. The maximum atomic E-state index is 5.97. The van der Waals surface area contributed by atoms with Crippen LogP contribution in [0, 0.1) is 0 Å². The lowest BCUT2D eigenvalue weighted by Gasteiger charge is -2.25. The largest absolute Gasteiger partial charge is 0.490 e. The van der Waals surface area contributed by atoms with Gasteiger partial charge in [-0.1, -0.05) is 0 Å². The molecule has 1 atom stereocenters. The molecular formula is C12H17ClN2O. The van der Waals surface area contributed by atoms with Gasteiger partial charge in [-0.25, -0.2) is 4.98 Å². The van der Waals surface area contributed by atoms with E-state index < -0.39 is 0 Å². The Morgan fingerprint density at radius 1 is 1.62 bits per heavy atom. The molecule has 1 aliphatic rings. The van der Waals surface area contributed by atoms with Gasteiger partial charge in [-0.15, -0.1) is 11.6 Å². The zero-order valence-corrected chi connectivity index (χ0v) is 10.3. The lowest BCUT2D eigenvalue weighted by molar-refractivity contribution is 0.339. The van der Waals surface area contributed by atoms with E-state index in [1.54, 1.807) is 0 Å². The molecule has 0 saturated carbocycles. The molecule has 0 radical (unpaired) electrons. The molecule has 2 rings (SSSR count). The van der Waals surface area contributed by atoms with Crippen LogP contribution >= 0.6 is 11.6 Å². The second-order valence-corrected chi connectivity index (χ2v) is 4.21. The molecule has 0 bridgehead atoms. The van der Waals surface area contributed by atoms with Gasteiger partial charge < -0.3 is 9.64 Å². The molecule has 1 unspecified atom stereocenters. The molecule has 0 N–H and O–H groups in total. The number of anilines is 1. The van der Waals surface area contributed by atoms with Crippen molar-refractivity contribution in [1.29, 1.82) is 0 Å². The Morgan fingerprint density at radius 3 is 3.25 bits per heavy atom. The first kappa shape index (κ1) is 11.5. The predicted molar refractivity (Wildman–Crippen MR) is 66.5 cm³/mol. The van der Waals surface area contributed by atoms with Crippen molar-refractivity contribution in [3.8, 4) is 5.75 Å². The molecule has 2 heterocycles.